The molecule has 28 heavy (non-hydrogen) atoms. The highest BCUT2D eigenvalue weighted by Gasteiger charge is 2.34. The number of nitro groups is 1. The average molecular weight is 402 g/mol. The van der Waals surface area contributed by atoms with Gasteiger partial charge in [0.1, 0.15) is 0 Å². The zero-order valence-electron chi connectivity index (χ0n) is 15.5. The molecule has 3 heterocycles. The van der Waals surface area contributed by atoms with Crippen molar-refractivity contribution in [1.29, 1.82) is 0 Å². The number of piperidine rings is 3. The van der Waals surface area contributed by atoms with Gasteiger partial charge >= 0.3 is 0 Å². The van der Waals surface area contributed by atoms with Crippen LogP contribution in [0.25, 0.3) is 11.1 Å². The number of hydrogen-bond donors (Lipinski definition) is 1. The summed E-state index contributed by atoms with van der Waals surface area (Å²) in [6.07, 6.45) is 3.01. The van der Waals surface area contributed by atoms with Crippen LogP contribution in [0.3, 0.4) is 0 Å². The van der Waals surface area contributed by atoms with Gasteiger partial charge in [-0.15, -0.1) is 12.4 Å². The Morgan fingerprint density at radius 3 is 2.43 bits per heavy atom. The van der Waals surface area contributed by atoms with Gasteiger partial charge in [-0.3, -0.25) is 14.9 Å². The SMILES string of the molecule is Cl.O=C(CC1CN2CCC1CC2)Nc1ccc(-c2cccc([N+](=O)[O-])c2)cc1. The summed E-state index contributed by atoms with van der Waals surface area (Å²) in [6, 6.07) is 14.0. The predicted molar refractivity (Wildman–Crippen MR) is 112 cm³/mol. The van der Waals surface area contributed by atoms with Crippen LogP contribution in [0.1, 0.15) is 19.3 Å². The molecule has 0 saturated carbocycles. The summed E-state index contributed by atoms with van der Waals surface area (Å²) in [5.41, 5.74) is 2.50. The summed E-state index contributed by atoms with van der Waals surface area (Å²) in [7, 11) is 0. The van der Waals surface area contributed by atoms with Gasteiger partial charge in [-0.2, -0.15) is 0 Å². The van der Waals surface area contributed by atoms with Crippen molar-refractivity contribution < 1.29 is 9.72 Å². The minimum Gasteiger partial charge on any atom is -0.326 e. The molecule has 3 aliphatic rings. The highest BCUT2D eigenvalue weighted by molar-refractivity contribution is 5.91. The lowest BCUT2D eigenvalue weighted by Gasteiger charge is -2.44. The van der Waals surface area contributed by atoms with E-state index in [-0.39, 0.29) is 24.0 Å². The van der Waals surface area contributed by atoms with E-state index in [0.717, 1.165) is 23.4 Å². The maximum atomic E-state index is 12.4. The average Bonchev–Trinajstić information content (AvgIpc) is 2.69. The van der Waals surface area contributed by atoms with Crippen LogP contribution in [0, 0.1) is 22.0 Å². The molecule has 148 valence electrons. The van der Waals surface area contributed by atoms with E-state index in [1.54, 1.807) is 12.1 Å². The van der Waals surface area contributed by atoms with Gasteiger partial charge in [0.15, 0.2) is 0 Å². The quantitative estimate of drug-likeness (QED) is 0.596. The number of amides is 1. The van der Waals surface area contributed by atoms with E-state index in [4.69, 9.17) is 0 Å². The minimum atomic E-state index is -0.396. The molecule has 0 radical (unpaired) electrons. The van der Waals surface area contributed by atoms with Gasteiger partial charge in [0.25, 0.3) is 5.69 Å². The maximum Gasteiger partial charge on any atom is 0.270 e. The summed E-state index contributed by atoms with van der Waals surface area (Å²) in [6.45, 7) is 3.41. The van der Waals surface area contributed by atoms with Crippen LogP contribution < -0.4 is 5.32 Å². The van der Waals surface area contributed by atoms with Crippen LogP contribution in [0.2, 0.25) is 0 Å². The van der Waals surface area contributed by atoms with E-state index in [1.807, 2.05) is 30.3 Å². The summed E-state index contributed by atoms with van der Waals surface area (Å²) in [5, 5.41) is 13.9. The highest BCUT2D eigenvalue weighted by atomic mass is 35.5. The Morgan fingerprint density at radius 1 is 1.11 bits per heavy atom. The number of nitrogens with zero attached hydrogens (tertiary/aromatic N) is 2. The van der Waals surface area contributed by atoms with Crippen molar-refractivity contribution in [3.8, 4) is 11.1 Å². The Balaban J connectivity index is 0.00000225. The molecule has 2 aromatic rings. The summed E-state index contributed by atoms with van der Waals surface area (Å²) in [5.74, 6) is 1.23. The van der Waals surface area contributed by atoms with Gasteiger partial charge < -0.3 is 10.2 Å². The van der Waals surface area contributed by atoms with Gasteiger partial charge in [0.2, 0.25) is 5.91 Å². The van der Waals surface area contributed by atoms with E-state index < -0.39 is 4.92 Å². The van der Waals surface area contributed by atoms with Crippen molar-refractivity contribution in [3.05, 3.63) is 58.6 Å². The van der Waals surface area contributed by atoms with E-state index in [0.29, 0.717) is 18.3 Å². The van der Waals surface area contributed by atoms with Crippen LogP contribution >= 0.6 is 12.4 Å². The molecule has 3 saturated heterocycles. The fourth-order valence-electron chi connectivity index (χ4n) is 4.31. The number of carbonyl (C=O) groups is 1. The normalized spacial score (nSPS) is 22.9. The van der Waals surface area contributed by atoms with E-state index in [1.165, 1.54) is 32.0 Å². The summed E-state index contributed by atoms with van der Waals surface area (Å²) >= 11 is 0. The number of fused-ring (bicyclic) bond motifs is 3. The number of nitrogens with one attached hydrogen (secondary N) is 1. The number of rotatable bonds is 5. The molecule has 1 amide bonds. The van der Waals surface area contributed by atoms with Crippen molar-refractivity contribution in [3.63, 3.8) is 0 Å². The Morgan fingerprint density at radius 2 is 1.82 bits per heavy atom. The first kappa shape index (κ1) is 20.3. The standard InChI is InChI=1S/C21H23N3O3.ClH/c25-21(13-18-14-23-10-8-16(18)9-11-23)22-19-6-4-15(5-7-19)17-2-1-3-20(12-17)24(26)27;/h1-7,12,16,18H,8-11,13-14H2,(H,22,25);1H. The van der Waals surface area contributed by atoms with Crippen molar-refractivity contribution in [2.45, 2.75) is 19.3 Å². The Kier molecular flexibility index (Phi) is 6.31. The molecular weight excluding hydrogens is 378 g/mol. The summed E-state index contributed by atoms with van der Waals surface area (Å²) < 4.78 is 0. The number of carbonyl (C=O) groups excluding carboxylic acids is 1. The lowest BCUT2D eigenvalue weighted by atomic mass is 9.77. The maximum absolute atomic E-state index is 12.4. The molecule has 0 aromatic heterocycles. The first-order chi connectivity index (χ1) is 13.1. The topological polar surface area (TPSA) is 75.5 Å². The number of nitro benzene ring substituents is 1. The third-order valence-electron chi connectivity index (χ3n) is 5.80. The molecule has 2 bridgehead atoms. The molecule has 6 nitrogen and oxygen atoms in total. The molecule has 1 N–H and O–H groups in total. The minimum absolute atomic E-state index is 0. The van der Waals surface area contributed by atoms with Gasteiger partial charge in [-0.05, 0) is 61.0 Å². The van der Waals surface area contributed by atoms with Crippen molar-refractivity contribution >= 4 is 29.7 Å². The smallest absolute Gasteiger partial charge is 0.270 e. The van der Waals surface area contributed by atoms with Crippen molar-refractivity contribution in [2.75, 3.05) is 25.0 Å². The number of hydrogen-bond acceptors (Lipinski definition) is 4. The Labute approximate surface area is 170 Å². The van der Waals surface area contributed by atoms with Crippen LogP contribution in [0.15, 0.2) is 48.5 Å². The second-order valence-electron chi connectivity index (χ2n) is 7.54. The van der Waals surface area contributed by atoms with E-state index >= 15 is 0 Å². The van der Waals surface area contributed by atoms with Crippen LogP contribution in [-0.2, 0) is 4.79 Å². The van der Waals surface area contributed by atoms with Crippen molar-refractivity contribution in [2.24, 2.45) is 11.8 Å². The van der Waals surface area contributed by atoms with Gasteiger partial charge in [-0.1, -0.05) is 24.3 Å². The van der Waals surface area contributed by atoms with Crippen molar-refractivity contribution in [1.82, 2.24) is 4.90 Å². The lowest BCUT2D eigenvalue weighted by molar-refractivity contribution is -0.384. The molecule has 3 aliphatic heterocycles. The lowest BCUT2D eigenvalue weighted by Crippen LogP contribution is -2.48. The third-order valence-corrected chi connectivity index (χ3v) is 5.80. The monoisotopic (exact) mass is 401 g/mol. The van der Waals surface area contributed by atoms with Gasteiger partial charge in [0, 0.05) is 30.8 Å². The van der Waals surface area contributed by atoms with E-state index in [9.17, 15) is 14.9 Å². The first-order valence-corrected chi connectivity index (χ1v) is 9.45. The molecule has 3 fully saturated rings. The number of anilines is 1. The largest absolute Gasteiger partial charge is 0.326 e. The fraction of sp³-hybridized carbons (Fsp3) is 0.381. The van der Waals surface area contributed by atoms with Gasteiger partial charge in [-0.25, -0.2) is 0 Å². The second-order valence-corrected chi connectivity index (χ2v) is 7.54. The van der Waals surface area contributed by atoms with Crippen LogP contribution in [0.5, 0.6) is 0 Å². The zero-order valence-corrected chi connectivity index (χ0v) is 16.4. The number of benzene rings is 2. The first-order valence-electron chi connectivity index (χ1n) is 9.45. The Bertz CT molecular complexity index is 848. The summed E-state index contributed by atoms with van der Waals surface area (Å²) in [4.78, 5) is 25.4. The highest BCUT2D eigenvalue weighted by Crippen LogP contribution is 2.34. The van der Waals surface area contributed by atoms with Crippen LogP contribution in [0.4, 0.5) is 11.4 Å². The zero-order chi connectivity index (χ0) is 18.8. The predicted octanol–water partition coefficient (Wildman–Crippen LogP) is 4.35. The molecule has 2 aromatic carbocycles. The molecule has 7 heteroatoms. The Hall–Kier alpha value is -2.44. The number of halogens is 1. The second kappa shape index (κ2) is 8.71. The third kappa shape index (κ3) is 4.51. The van der Waals surface area contributed by atoms with E-state index in [2.05, 4.69) is 10.2 Å². The fourth-order valence-corrected chi connectivity index (χ4v) is 4.31. The van der Waals surface area contributed by atoms with Gasteiger partial charge in [0.05, 0.1) is 4.92 Å². The number of non-ortho nitro benzene ring substituents is 1. The van der Waals surface area contributed by atoms with Crippen LogP contribution in [-0.4, -0.2) is 35.4 Å². The molecule has 1 atom stereocenters. The molecule has 1 unspecified atom stereocenters. The molecule has 5 rings (SSSR count). The molecule has 0 spiro atoms. The molecular formula is C21H24ClN3O3. The molecule has 0 aliphatic carbocycles.